The first-order valence-corrected chi connectivity index (χ1v) is 6.66. The van der Waals surface area contributed by atoms with E-state index in [0.29, 0.717) is 6.61 Å². The van der Waals surface area contributed by atoms with Gasteiger partial charge in [0.15, 0.2) is 11.6 Å². The minimum atomic E-state index is -0.385. The molecule has 1 aliphatic rings. The number of benzene rings is 1. The summed E-state index contributed by atoms with van der Waals surface area (Å²) in [7, 11) is 1.44. The second kappa shape index (κ2) is 5.71. The first-order chi connectivity index (χ1) is 8.22. The molecular formula is C12H16FNO2S. The lowest BCUT2D eigenvalue weighted by atomic mass is 10.0. The van der Waals surface area contributed by atoms with Crippen molar-refractivity contribution in [3.63, 3.8) is 0 Å². The number of rotatable bonds is 3. The Kier molecular flexibility index (Phi) is 4.25. The highest BCUT2D eigenvalue weighted by atomic mass is 32.2. The minimum Gasteiger partial charge on any atom is -0.494 e. The third-order valence-corrected chi connectivity index (χ3v) is 3.82. The molecule has 0 amide bonds. The maximum atomic E-state index is 13.6. The van der Waals surface area contributed by atoms with Gasteiger partial charge >= 0.3 is 0 Å². The molecule has 2 N–H and O–H groups in total. The monoisotopic (exact) mass is 257 g/mol. The zero-order valence-corrected chi connectivity index (χ0v) is 10.5. The van der Waals surface area contributed by atoms with Gasteiger partial charge in [-0.1, -0.05) is 6.07 Å². The van der Waals surface area contributed by atoms with E-state index in [1.54, 1.807) is 12.1 Å². The summed E-state index contributed by atoms with van der Waals surface area (Å²) in [5, 5.41) is 0. The van der Waals surface area contributed by atoms with Gasteiger partial charge in [-0.25, -0.2) is 4.39 Å². The van der Waals surface area contributed by atoms with Crippen molar-refractivity contribution < 1.29 is 13.9 Å². The first kappa shape index (κ1) is 12.7. The van der Waals surface area contributed by atoms with Gasteiger partial charge in [0, 0.05) is 11.5 Å². The zero-order valence-electron chi connectivity index (χ0n) is 9.69. The van der Waals surface area contributed by atoms with Crippen molar-refractivity contribution in [2.75, 3.05) is 25.2 Å². The molecule has 5 heteroatoms. The first-order valence-electron chi connectivity index (χ1n) is 5.50. The van der Waals surface area contributed by atoms with Crippen LogP contribution < -0.4 is 10.5 Å². The molecule has 2 rings (SSSR count). The molecule has 0 aromatic heterocycles. The van der Waals surface area contributed by atoms with Crippen LogP contribution in [0.5, 0.6) is 5.75 Å². The van der Waals surface area contributed by atoms with Crippen LogP contribution in [0.2, 0.25) is 0 Å². The van der Waals surface area contributed by atoms with Crippen molar-refractivity contribution in [2.45, 2.75) is 12.1 Å². The van der Waals surface area contributed by atoms with Gasteiger partial charge in [-0.3, -0.25) is 0 Å². The number of halogens is 1. The van der Waals surface area contributed by atoms with Crippen molar-refractivity contribution >= 4 is 11.8 Å². The smallest absolute Gasteiger partial charge is 0.165 e. The largest absolute Gasteiger partial charge is 0.494 e. The molecule has 17 heavy (non-hydrogen) atoms. The number of thioether (sulfide) groups is 1. The lowest BCUT2D eigenvalue weighted by Crippen LogP contribution is -2.34. The fraction of sp³-hybridized carbons (Fsp3) is 0.500. The van der Waals surface area contributed by atoms with E-state index in [1.807, 2.05) is 11.8 Å². The molecule has 1 heterocycles. The molecule has 2 unspecified atom stereocenters. The number of hydrogen-bond donors (Lipinski definition) is 1. The van der Waals surface area contributed by atoms with Crippen molar-refractivity contribution in [3.05, 3.63) is 29.6 Å². The molecule has 2 atom stereocenters. The Morgan fingerprint density at radius 1 is 1.59 bits per heavy atom. The lowest BCUT2D eigenvalue weighted by Gasteiger charge is -2.28. The Morgan fingerprint density at radius 2 is 2.41 bits per heavy atom. The van der Waals surface area contributed by atoms with Crippen LogP contribution >= 0.6 is 11.8 Å². The van der Waals surface area contributed by atoms with E-state index in [4.69, 9.17) is 15.2 Å². The van der Waals surface area contributed by atoms with Crippen molar-refractivity contribution in [2.24, 2.45) is 5.73 Å². The van der Waals surface area contributed by atoms with Crippen LogP contribution in [0.3, 0.4) is 0 Å². The van der Waals surface area contributed by atoms with Gasteiger partial charge in [-0.2, -0.15) is 11.8 Å². The molecule has 3 nitrogen and oxygen atoms in total. The highest BCUT2D eigenvalue weighted by Crippen LogP contribution is 2.26. The summed E-state index contributed by atoms with van der Waals surface area (Å²) in [5.74, 6) is 1.71. The van der Waals surface area contributed by atoms with Gasteiger partial charge in [0.05, 0.1) is 25.9 Å². The van der Waals surface area contributed by atoms with Crippen LogP contribution in [0.1, 0.15) is 11.6 Å². The summed E-state index contributed by atoms with van der Waals surface area (Å²) in [6.45, 7) is 0.710. The highest BCUT2D eigenvalue weighted by Gasteiger charge is 2.23. The summed E-state index contributed by atoms with van der Waals surface area (Å²) >= 11 is 1.81. The molecular weight excluding hydrogens is 241 g/mol. The fourth-order valence-corrected chi connectivity index (χ4v) is 2.73. The van der Waals surface area contributed by atoms with Crippen LogP contribution in [0.4, 0.5) is 4.39 Å². The maximum Gasteiger partial charge on any atom is 0.165 e. The van der Waals surface area contributed by atoms with Crippen LogP contribution in [-0.4, -0.2) is 31.3 Å². The summed E-state index contributed by atoms with van der Waals surface area (Å²) < 4.78 is 24.0. The summed E-state index contributed by atoms with van der Waals surface area (Å²) in [4.78, 5) is 0. The molecule has 1 aromatic carbocycles. The quantitative estimate of drug-likeness (QED) is 0.899. The average molecular weight is 257 g/mol. The van der Waals surface area contributed by atoms with Crippen LogP contribution in [0, 0.1) is 5.82 Å². The van der Waals surface area contributed by atoms with Crippen LogP contribution in [-0.2, 0) is 4.74 Å². The summed E-state index contributed by atoms with van der Waals surface area (Å²) in [5.41, 5.74) is 6.83. The normalized spacial score (nSPS) is 22.2. The van der Waals surface area contributed by atoms with Crippen molar-refractivity contribution in [1.82, 2.24) is 0 Å². The predicted octanol–water partition coefficient (Wildman–Crippen LogP) is 1.97. The van der Waals surface area contributed by atoms with E-state index in [-0.39, 0.29) is 23.7 Å². The molecule has 1 aromatic rings. The SMILES string of the molecule is COc1ccc(C(N)C2CSCCO2)cc1F. The van der Waals surface area contributed by atoms with Gasteiger partial charge in [0.1, 0.15) is 0 Å². The minimum absolute atomic E-state index is 0.0402. The predicted molar refractivity (Wildman–Crippen MR) is 66.9 cm³/mol. The molecule has 0 aliphatic carbocycles. The molecule has 1 aliphatic heterocycles. The van der Waals surface area contributed by atoms with Crippen molar-refractivity contribution in [1.29, 1.82) is 0 Å². The van der Waals surface area contributed by atoms with E-state index >= 15 is 0 Å². The highest BCUT2D eigenvalue weighted by molar-refractivity contribution is 7.99. The molecule has 1 saturated heterocycles. The number of ether oxygens (including phenoxy) is 2. The molecule has 0 radical (unpaired) electrons. The Bertz CT molecular complexity index is 383. The van der Waals surface area contributed by atoms with Crippen LogP contribution in [0.25, 0.3) is 0 Å². The van der Waals surface area contributed by atoms with Gasteiger partial charge in [0.25, 0.3) is 0 Å². The molecule has 0 saturated carbocycles. The van der Waals surface area contributed by atoms with E-state index in [2.05, 4.69) is 0 Å². The number of nitrogens with two attached hydrogens (primary N) is 1. The standard InChI is InChI=1S/C12H16FNO2S/c1-15-10-3-2-8(6-9(10)13)12(14)11-7-17-5-4-16-11/h2-3,6,11-12H,4-5,7,14H2,1H3. The average Bonchev–Trinajstić information content (AvgIpc) is 2.39. The van der Waals surface area contributed by atoms with E-state index in [1.165, 1.54) is 13.2 Å². The van der Waals surface area contributed by atoms with Gasteiger partial charge in [-0.15, -0.1) is 0 Å². The van der Waals surface area contributed by atoms with Gasteiger partial charge in [-0.05, 0) is 17.7 Å². The molecule has 1 fully saturated rings. The number of methoxy groups -OCH3 is 1. The van der Waals surface area contributed by atoms with Crippen molar-refractivity contribution in [3.8, 4) is 5.75 Å². The maximum absolute atomic E-state index is 13.6. The Labute approximate surface area is 104 Å². The van der Waals surface area contributed by atoms with E-state index in [9.17, 15) is 4.39 Å². The van der Waals surface area contributed by atoms with E-state index in [0.717, 1.165) is 17.1 Å². The second-order valence-corrected chi connectivity index (χ2v) is 5.05. The molecule has 94 valence electrons. The fourth-order valence-electron chi connectivity index (χ4n) is 1.82. The second-order valence-electron chi connectivity index (χ2n) is 3.90. The zero-order chi connectivity index (χ0) is 12.3. The molecule has 0 spiro atoms. The van der Waals surface area contributed by atoms with Gasteiger partial charge < -0.3 is 15.2 Å². The summed E-state index contributed by atoms with van der Waals surface area (Å²) in [6, 6.07) is 4.52. The Morgan fingerprint density at radius 3 is 3.00 bits per heavy atom. The Balaban J connectivity index is 2.12. The third-order valence-electron chi connectivity index (χ3n) is 2.80. The lowest BCUT2D eigenvalue weighted by molar-refractivity contribution is 0.0568. The summed E-state index contributed by atoms with van der Waals surface area (Å²) in [6.07, 6.45) is -0.0402. The number of hydrogen-bond acceptors (Lipinski definition) is 4. The molecule has 0 bridgehead atoms. The Hall–Kier alpha value is -0.780. The van der Waals surface area contributed by atoms with Crippen LogP contribution in [0.15, 0.2) is 18.2 Å². The van der Waals surface area contributed by atoms with E-state index < -0.39 is 0 Å². The third kappa shape index (κ3) is 2.91. The van der Waals surface area contributed by atoms with Gasteiger partial charge in [0.2, 0.25) is 0 Å². The topological polar surface area (TPSA) is 44.5 Å².